The van der Waals surface area contributed by atoms with Crippen molar-refractivity contribution in [2.24, 2.45) is 0 Å². The number of rotatable bonds is 8. The molecule has 0 bridgehead atoms. The van der Waals surface area contributed by atoms with Crippen molar-refractivity contribution in [3.63, 3.8) is 0 Å². The smallest absolute Gasteiger partial charge is 0.153 e. The molecule has 4 fully saturated rings. The maximum atomic E-state index is 10.00. The van der Waals surface area contributed by atoms with E-state index in [2.05, 4.69) is 204 Å². The van der Waals surface area contributed by atoms with Gasteiger partial charge in [-0.25, -0.2) is 0 Å². The molecule has 0 saturated heterocycles. The first-order chi connectivity index (χ1) is 57.3. The monoisotopic (exact) mass is 1650 g/mol. The van der Waals surface area contributed by atoms with E-state index in [1.54, 1.807) is 6.20 Å². The first-order valence-electron chi connectivity index (χ1n) is 42.5. The van der Waals surface area contributed by atoms with Crippen molar-refractivity contribution in [1.82, 2.24) is 33.2 Å². The van der Waals surface area contributed by atoms with Gasteiger partial charge < -0.3 is 59.4 Å². The lowest BCUT2D eigenvalue weighted by Gasteiger charge is -2.34. The molecule has 5 aromatic carbocycles. The lowest BCUT2D eigenvalue weighted by atomic mass is 9.86. The predicted octanol–water partition coefficient (Wildman–Crippen LogP) is 21.8. The molecule has 19 rings (SSSR count). The van der Waals surface area contributed by atoms with Gasteiger partial charge in [-0.2, -0.15) is 21.0 Å². The Labute approximate surface area is 707 Å². The molecule has 7 aromatic heterocycles. The number of aliphatic hydroxyl groups excluding tert-OH is 4. The molecule has 0 radical (unpaired) electrons. The summed E-state index contributed by atoms with van der Waals surface area (Å²) in [5.74, 6) is 0.823. The number of hydrogen-bond donors (Lipinski definition) is 7. The number of nitrogens with zero attached hydrogens (tertiary/aromatic N) is 11. The van der Waals surface area contributed by atoms with Crippen molar-refractivity contribution in [3.05, 3.63) is 200 Å². The number of ether oxygens (including phenoxy) is 1. The third kappa shape index (κ3) is 16.3. The number of nitrogens with one attached hydrogen (secondary N) is 3. The summed E-state index contributed by atoms with van der Waals surface area (Å²) in [6, 6.07) is 31.8. The van der Waals surface area contributed by atoms with Crippen LogP contribution in [0.25, 0.3) is 94.2 Å². The van der Waals surface area contributed by atoms with Crippen LogP contribution < -0.4 is 20.7 Å². The van der Waals surface area contributed by atoms with Crippen molar-refractivity contribution in [3.8, 4) is 74.5 Å². The number of aryl methyl sites for hydroxylation is 4. The van der Waals surface area contributed by atoms with Gasteiger partial charge in [0.15, 0.2) is 5.75 Å². The number of halogens is 1. The maximum Gasteiger partial charge on any atom is 0.153 e. The summed E-state index contributed by atoms with van der Waals surface area (Å²) in [6.45, 7) is 22.4. The summed E-state index contributed by atoms with van der Waals surface area (Å²) in [6.07, 6.45) is 40.5. The van der Waals surface area contributed by atoms with E-state index in [4.69, 9.17) is 4.74 Å². The number of benzene rings is 5. The summed E-state index contributed by atoms with van der Waals surface area (Å²) in [4.78, 5) is 13.5. The van der Waals surface area contributed by atoms with Crippen LogP contribution in [0.1, 0.15) is 229 Å². The van der Waals surface area contributed by atoms with E-state index in [0.29, 0.717) is 41.9 Å². The highest BCUT2D eigenvalue weighted by Crippen LogP contribution is 2.49. The average Bonchev–Trinajstić information content (AvgIpc) is 1.58. The van der Waals surface area contributed by atoms with Gasteiger partial charge in [0.2, 0.25) is 0 Å². The highest BCUT2D eigenvalue weighted by atomic mass is 79.9. The van der Waals surface area contributed by atoms with Gasteiger partial charge in [-0.1, -0.05) is 34.1 Å². The Morgan fingerprint density at radius 1 is 0.437 bits per heavy atom. The van der Waals surface area contributed by atoms with Gasteiger partial charge in [-0.05, 0) is 284 Å². The summed E-state index contributed by atoms with van der Waals surface area (Å²) in [5, 5.41) is 93.3. The lowest BCUT2D eigenvalue weighted by Crippen LogP contribution is -2.35. The van der Waals surface area contributed by atoms with Gasteiger partial charge in [0, 0.05) is 174 Å². The molecule has 612 valence electrons. The SMILES string of the molecule is Cc1cc2c(cc1C#N)c(-c1ccc(Br)c(C)c1C)cn2C1CCC(O)CC1.Cc1cc2c(cc1C#N)c(-c1cncc3c1C=CC(C)(C)N3)cn2C1CCC(O)CC1.Cc1cc2c(cc1C#N)c(-c1cncc3c1CCC(C)(C)N3)cn2C1CCC(O)CC1.Cc1cc2c(cc1C#N)c(-c1cncc3c1OCCN3)cn2C1CCC(O)CC1.[HH]. The van der Waals surface area contributed by atoms with Gasteiger partial charge in [0.25, 0.3) is 0 Å². The largest absolute Gasteiger partial charge is 0.489 e. The number of fused-ring (bicyclic) bond motifs is 7. The molecule has 20 heteroatoms. The number of aliphatic hydroxyl groups is 4. The Morgan fingerprint density at radius 3 is 1.23 bits per heavy atom. The second kappa shape index (κ2) is 33.6. The first kappa shape index (κ1) is 81.7. The molecule has 4 saturated carbocycles. The van der Waals surface area contributed by atoms with Gasteiger partial charge in [0.05, 0.1) is 112 Å². The van der Waals surface area contributed by atoms with Crippen LogP contribution in [-0.4, -0.2) is 102 Å². The minimum atomic E-state index is -0.190. The second-order valence-electron chi connectivity index (χ2n) is 35.6. The Morgan fingerprint density at radius 2 is 0.807 bits per heavy atom. The van der Waals surface area contributed by atoms with Crippen LogP contribution >= 0.6 is 15.9 Å². The topological polar surface area (TPSA) is 280 Å². The van der Waals surface area contributed by atoms with E-state index >= 15 is 0 Å². The standard InChI is InChI=1S/C26H30N4O.C26H28N4O.C24H25BrN2O.C23H24N4O2.H2/c2*1-16-10-25-21(11-17(16)12-27)23(15-30(25)18-4-6-19(31)7-5-18)22-13-28-14-24-20(22)8-9-26(2,3)29-24;1-14-10-24-21(11-17(14)12-26)22(20-8-9-23(25)16(3)15(20)2)13-27(24)18-4-6-19(28)7-5-18;1-14-8-22-18(9-15(14)10-24)20(13-27(22)16-2-4-17(28)5-3-16)19-11-25-12-21-23(19)29-7-6-26-21;/h10-11,13-15,18-19,29,31H,4-9H2,1-3H3;8-11,13-15,18-19,29,31H,4-7H2,1-3H3;8-11,13,18-19,28H,4-7H2,1-3H3;8-9,11-13,16-17,26,28H,2-7H2,1H3;1H. The molecular formula is C99H109BrN14O5. The predicted molar refractivity (Wildman–Crippen MR) is 481 cm³/mol. The highest BCUT2D eigenvalue weighted by molar-refractivity contribution is 9.10. The van der Waals surface area contributed by atoms with E-state index in [9.17, 15) is 41.5 Å². The molecule has 12 aromatic rings. The van der Waals surface area contributed by atoms with Crippen LogP contribution in [0.5, 0.6) is 5.75 Å². The van der Waals surface area contributed by atoms with Crippen LogP contribution in [0.3, 0.4) is 0 Å². The Bertz CT molecular complexity index is 6140. The van der Waals surface area contributed by atoms with Crippen LogP contribution in [0.4, 0.5) is 17.1 Å². The van der Waals surface area contributed by atoms with Crippen molar-refractivity contribution >= 4 is 82.7 Å². The summed E-state index contributed by atoms with van der Waals surface area (Å²) in [7, 11) is 0. The molecule has 0 atom stereocenters. The first-order valence-corrected chi connectivity index (χ1v) is 43.3. The van der Waals surface area contributed by atoms with Crippen molar-refractivity contribution in [2.75, 3.05) is 29.1 Å². The molecule has 19 nitrogen and oxygen atoms in total. The molecule has 7 N–H and O–H groups in total. The number of hydrogen-bond acceptors (Lipinski definition) is 15. The van der Waals surface area contributed by atoms with E-state index in [1.165, 1.54) is 38.9 Å². The fourth-order valence-corrected chi connectivity index (χ4v) is 19.9. The number of nitriles is 4. The molecule has 10 heterocycles. The van der Waals surface area contributed by atoms with Gasteiger partial charge in [-0.15, -0.1) is 0 Å². The van der Waals surface area contributed by atoms with E-state index in [-0.39, 0.29) is 36.9 Å². The molecule has 4 aliphatic carbocycles. The van der Waals surface area contributed by atoms with E-state index < -0.39 is 0 Å². The molecule has 0 unspecified atom stereocenters. The summed E-state index contributed by atoms with van der Waals surface area (Å²) >= 11 is 3.64. The van der Waals surface area contributed by atoms with Crippen molar-refractivity contribution in [2.45, 2.75) is 244 Å². The zero-order chi connectivity index (χ0) is 83.5. The Hall–Kier alpha value is -11.1. The van der Waals surface area contributed by atoms with Crippen LogP contribution in [0, 0.1) is 86.9 Å². The fourth-order valence-electron chi connectivity index (χ4n) is 19.4. The quantitative estimate of drug-likeness (QED) is 0.0745. The highest BCUT2D eigenvalue weighted by Gasteiger charge is 2.34. The Kier molecular flexibility index (Phi) is 23.1. The number of anilines is 3. The number of pyridine rings is 3. The van der Waals surface area contributed by atoms with E-state index in [0.717, 1.165) is 254 Å². The molecule has 7 aliphatic rings. The van der Waals surface area contributed by atoms with Gasteiger partial charge in [0.1, 0.15) is 6.61 Å². The minimum Gasteiger partial charge on any atom is -0.489 e. The second-order valence-corrected chi connectivity index (χ2v) is 36.4. The van der Waals surface area contributed by atoms with Crippen molar-refractivity contribution in [1.29, 1.82) is 21.0 Å². The zero-order valence-electron chi connectivity index (χ0n) is 70.0. The molecule has 3 aliphatic heterocycles. The van der Waals surface area contributed by atoms with Gasteiger partial charge >= 0.3 is 0 Å². The average molecular weight is 1650 g/mol. The third-order valence-electron chi connectivity index (χ3n) is 26.5. The zero-order valence-corrected chi connectivity index (χ0v) is 71.5. The van der Waals surface area contributed by atoms with Gasteiger partial charge in [-0.3, -0.25) is 15.0 Å². The summed E-state index contributed by atoms with van der Waals surface area (Å²) < 4.78 is 16.6. The van der Waals surface area contributed by atoms with Crippen LogP contribution in [0.2, 0.25) is 0 Å². The van der Waals surface area contributed by atoms with Crippen molar-refractivity contribution < 1.29 is 26.6 Å². The molecular weight excluding hydrogens is 1550 g/mol. The number of aromatic nitrogens is 7. The lowest BCUT2D eigenvalue weighted by molar-refractivity contribution is 0.111. The third-order valence-corrected chi connectivity index (χ3v) is 27.4. The normalized spacial score (nSPS) is 21.4. The fraction of sp³-hybridized carbons (Fsp3) is 0.404. The van der Waals surface area contributed by atoms with Crippen LogP contribution in [0.15, 0.2) is 133 Å². The van der Waals surface area contributed by atoms with Crippen LogP contribution in [-0.2, 0) is 6.42 Å². The minimum absolute atomic E-state index is 0. The molecule has 119 heavy (non-hydrogen) atoms. The Balaban J connectivity index is 0.000000124. The van der Waals surface area contributed by atoms with E-state index in [1.807, 2.05) is 82.9 Å². The molecule has 0 amide bonds. The maximum absolute atomic E-state index is 10.00. The molecule has 0 spiro atoms. The summed E-state index contributed by atoms with van der Waals surface area (Å²) in [5.41, 5.74) is 28.3.